The molecule has 3 fully saturated rings. The molecule has 0 aromatic carbocycles. The van der Waals surface area contributed by atoms with E-state index < -0.39 is 0 Å². The monoisotopic (exact) mass is 443 g/mol. The van der Waals surface area contributed by atoms with E-state index in [0.717, 1.165) is 62.3 Å². The molecule has 182 valence electrons. The molecule has 0 bridgehead atoms. The van der Waals surface area contributed by atoms with Gasteiger partial charge in [0.25, 0.3) is 0 Å². The first-order chi connectivity index (χ1) is 15.3. The molecule has 0 aromatic rings. The Balaban J connectivity index is 1.61. The van der Waals surface area contributed by atoms with Gasteiger partial charge in [-0.1, -0.05) is 32.8 Å². The number of allylic oxidation sites excluding steroid dienone is 1. The van der Waals surface area contributed by atoms with Gasteiger partial charge in [0.2, 0.25) is 0 Å². The van der Waals surface area contributed by atoms with E-state index in [1.807, 2.05) is 0 Å². The van der Waals surface area contributed by atoms with Gasteiger partial charge in [-0.2, -0.15) is 0 Å². The third-order valence-corrected chi connectivity index (χ3v) is 9.95. The second kappa shape index (κ2) is 9.88. The van der Waals surface area contributed by atoms with Crippen LogP contribution in [0.4, 0.5) is 0 Å². The second-order valence-electron chi connectivity index (χ2n) is 12.1. The van der Waals surface area contributed by atoms with Gasteiger partial charge in [0.1, 0.15) is 0 Å². The molecule has 4 rings (SSSR count). The first-order valence-corrected chi connectivity index (χ1v) is 13.6. The molecule has 2 saturated carbocycles. The number of nitrogens with one attached hydrogen (secondary N) is 3. The number of hydrogen-bond acceptors (Lipinski definition) is 4. The number of rotatable bonds is 4. The molecule has 0 spiro atoms. The molecule has 2 aliphatic heterocycles. The van der Waals surface area contributed by atoms with Crippen LogP contribution in [0.5, 0.6) is 0 Å². The van der Waals surface area contributed by atoms with Crippen molar-refractivity contribution in [1.29, 1.82) is 5.41 Å². The van der Waals surface area contributed by atoms with Crippen molar-refractivity contribution >= 4 is 5.71 Å². The summed E-state index contributed by atoms with van der Waals surface area (Å²) in [6.07, 6.45) is 13.5. The maximum atomic E-state index is 8.16. The van der Waals surface area contributed by atoms with Gasteiger partial charge in [-0.25, -0.2) is 0 Å². The zero-order chi connectivity index (χ0) is 22.9. The molecule has 2 heterocycles. The fourth-order valence-corrected chi connectivity index (χ4v) is 7.82. The summed E-state index contributed by atoms with van der Waals surface area (Å²) in [5, 5.41) is 15.7. The molecule has 4 nitrogen and oxygen atoms in total. The number of fused-ring (bicyclic) bond motifs is 2. The highest BCUT2D eigenvalue weighted by Gasteiger charge is 2.49. The number of likely N-dealkylation sites (N-methyl/N-ethyl adjacent to an activating group) is 1. The molecule has 1 saturated heterocycles. The summed E-state index contributed by atoms with van der Waals surface area (Å²) in [6.45, 7) is 11.5. The predicted octanol–water partition coefficient (Wildman–Crippen LogP) is 6.07. The molecular formula is C28H49N3O. The summed E-state index contributed by atoms with van der Waals surface area (Å²) in [5.41, 5.74) is 4.60. The normalized spacial score (nSPS) is 43.7. The van der Waals surface area contributed by atoms with Crippen molar-refractivity contribution in [2.45, 2.75) is 110 Å². The van der Waals surface area contributed by atoms with E-state index in [2.05, 4.69) is 45.4 Å². The van der Waals surface area contributed by atoms with Crippen molar-refractivity contribution in [2.75, 3.05) is 20.2 Å². The van der Waals surface area contributed by atoms with E-state index in [-0.39, 0.29) is 11.8 Å². The van der Waals surface area contributed by atoms with Crippen LogP contribution in [0.1, 0.15) is 98.3 Å². The predicted molar refractivity (Wildman–Crippen MR) is 134 cm³/mol. The molecule has 32 heavy (non-hydrogen) atoms. The minimum absolute atomic E-state index is 0.0712. The van der Waals surface area contributed by atoms with Gasteiger partial charge in [0, 0.05) is 5.71 Å². The minimum Gasteiger partial charge on any atom is -0.371 e. The lowest BCUT2D eigenvalue weighted by Crippen LogP contribution is -2.67. The van der Waals surface area contributed by atoms with E-state index >= 15 is 0 Å². The lowest BCUT2D eigenvalue weighted by Gasteiger charge is -2.47. The maximum Gasteiger partial charge on any atom is 0.0954 e. The average molecular weight is 444 g/mol. The Bertz CT molecular complexity index is 705. The molecule has 2 aliphatic carbocycles. The summed E-state index contributed by atoms with van der Waals surface area (Å²) in [7, 11) is 2.12. The number of piperidine rings is 1. The Hall–Kier alpha value is -0.710. The maximum absolute atomic E-state index is 8.16. The van der Waals surface area contributed by atoms with Crippen molar-refractivity contribution in [3.8, 4) is 0 Å². The van der Waals surface area contributed by atoms with E-state index in [9.17, 15) is 0 Å². The molecule has 0 radical (unpaired) electrons. The van der Waals surface area contributed by atoms with Gasteiger partial charge in [-0.3, -0.25) is 5.32 Å². The fraction of sp³-hybridized carbons (Fsp3) is 0.893. The molecule has 6 atom stereocenters. The van der Waals surface area contributed by atoms with Crippen LogP contribution in [0.15, 0.2) is 11.1 Å². The van der Waals surface area contributed by atoms with Crippen molar-refractivity contribution in [3.63, 3.8) is 0 Å². The Morgan fingerprint density at radius 3 is 2.66 bits per heavy atom. The number of ether oxygens (including phenoxy) is 1. The van der Waals surface area contributed by atoms with Crippen molar-refractivity contribution in [1.82, 2.24) is 10.6 Å². The summed E-state index contributed by atoms with van der Waals surface area (Å²) in [4.78, 5) is 0. The number of hydrogen-bond donors (Lipinski definition) is 3. The molecular weight excluding hydrogens is 394 g/mol. The van der Waals surface area contributed by atoms with Gasteiger partial charge < -0.3 is 15.5 Å². The van der Waals surface area contributed by atoms with Crippen LogP contribution in [-0.4, -0.2) is 37.7 Å². The minimum atomic E-state index is -0.0712. The molecule has 3 N–H and O–H groups in total. The van der Waals surface area contributed by atoms with Crippen LogP contribution >= 0.6 is 0 Å². The first kappa shape index (κ1) is 24.4. The van der Waals surface area contributed by atoms with Gasteiger partial charge >= 0.3 is 0 Å². The smallest absolute Gasteiger partial charge is 0.0954 e. The zero-order valence-corrected chi connectivity index (χ0v) is 21.5. The largest absolute Gasteiger partial charge is 0.371 e. The summed E-state index contributed by atoms with van der Waals surface area (Å²) < 4.78 is 6.71. The molecule has 0 aromatic heterocycles. The lowest BCUT2D eigenvalue weighted by molar-refractivity contribution is -0.0571. The highest BCUT2D eigenvalue weighted by molar-refractivity contribution is 5.82. The highest BCUT2D eigenvalue weighted by atomic mass is 16.5. The average Bonchev–Trinajstić information content (AvgIpc) is 3.15. The van der Waals surface area contributed by atoms with Gasteiger partial charge in [-0.05, 0) is 119 Å². The molecule has 4 heteroatoms. The first-order valence-electron chi connectivity index (χ1n) is 13.6. The summed E-state index contributed by atoms with van der Waals surface area (Å²) >= 11 is 0. The quantitative estimate of drug-likeness (QED) is 0.462. The van der Waals surface area contributed by atoms with Gasteiger partial charge in [-0.15, -0.1) is 0 Å². The topological polar surface area (TPSA) is 57.1 Å². The van der Waals surface area contributed by atoms with Crippen LogP contribution < -0.4 is 10.6 Å². The Kier molecular flexibility index (Phi) is 7.54. The molecule has 6 unspecified atom stereocenters. The lowest BCUT2D eigenvalue weighted by atomic mass is 9.62. The van der Waals surface area contributed by atoms with Gasteiger partial charge in [0.05, 0.1) is 18.4 Å². The summed E-state index contributed by atoms with van der Waals surface area (Å²) in [5.74, 6) is 2.99. The van der Waals surface area contributed by atoms with Crippen molar-refractivity contribution in [3.05, 3.63) is 11.1 Å². The Labute approximate surface area is 197 Å². The standard InChI is InChI=1S/C28H49N3O/c1-6-8-23-22-9-7-12-28(30-5)26(15-19(2)17-31-28)32-18-20(3)24(22)16-25(23)27(4)13-10-21(29)11-14-27/h19,22-23,25-26,29-31H,6-18H2,1-5H3. The second-order valence-corrected chi connectivity index (χ2v) is 12.1. The molecule has 4 aliphatic rings. The Morgan fingerprint density at radius 2 is 1.97 bits per heavy atom. The van der Waals surface area contributed by atoms with Crippen molar-refractivity contribution in [2.24, 2.45) is 29.1 Å². The van der Waals surface area contributed by atoms with Crippen LogP contribution in [0, 0.1) is 34.5 Å². The van der Waals surface area contributed by atoms with E-state index in [4.69, 9.17) is 10.1 Å². The highest BCUT2D eigenvalue weighted by Crippen LogP contribution is 2.57. The fourth-order valence-electron chi connectivity index (χ4n) is 7.82. The summed E-state index contributed by atoms with van der Waals surface area (Å²) in [6, 6.07) is 0. The zero-order valence-electron chi connectivity index (χ0n) is 21.5. The van der Waals surface area contributed by atoms with Crippen molar-refractivity contribution < 1.29 is 4.74 Å². The molecule has 0 amide bonds. The van der Waals surface area contributed by atoms with Gasteiger partial charge in [0.15, 0.2) is 0 Å². The van der Waals surface area contributed by atoms with E-state index in [0.29, 0.717) is 11.3 Å². The van der Waals surface area contributed by atoms with Crippen LogP contribution in [0.3, 0.4) is 0 Å². The SMILES string of the molecule is CCCC1C2CCCC3(NC)NCC(C)CC3OCC(C)=C2CC1C1(C)CCC(=N)CC1. The van der Waals surface area contributed by atoms with Crippen LogP contribution in [0.2, 0.25) is 0 Å². The Morgan fingerprint density at radius 1 is 1.22 bits per heavy atom. The third kappa shape index (κ3) is 4.61. The van der Waals surface area contributed by atoms with E-state index in [1.54, 1.807) is 5.57 Å². The van der Waals surface area contributed by atoms with Crippen LogP contribution in [0.25, 0.3) is 0 Å². The van der Waals surface area contributed by atoms with E-state index in [1.165, 1.54) is 50.5 Å². The van der Waals surface area contributed by atoms with Crippen LogP contribution in [-0.2, 0) is 4.74 Å². The third-order valence-electron chi connectivity index (χ3n) is 9.95.